The van der Waals surface area contributed by atoms with Gasteiger partial charge in [0.25, 0.3) is 5.91 Å². The number of hydrogen-bond acceptors (Lipinski definition) is 7. The van der Waals surface area contributed by atoms with Crippen molar-refractivity contribution in [2.75, 3.05) is 31.8 Å². The molecular weight excluding hydrogens is 639 g/mol. The molecule has 1 aliphatic rings. The van der Waals surface area contributed by atoms with Crippen LogP contribution in [0.4, 0.5) is 18.9 Å². The molecule has 1 heterocycles. The number of fused-ring (bicyclic) bond motifs is 2. The number of nitrogens with one attached hydrogen (secondary N) is 2. The number of methoxy groups -OCH3 is 1. The number of aliphatic carboxylic acids is 1. The molecule has 3 aromatic rings. The second kappa shape index (κ2) is 15.0. The van der Waals surface area contributed by atoms with Crippen molar-refractivity contribution in [2.45, 2.75) is 38.1 Å². The Kier molecular flexibility index (Phi) is 11.7. The molecule has 43 heavy (non-hydrogen) atoms. The Labute approximate surface area is 253 Å². The van der Waals surface area contributed by atoms with Crippen LogP contribution in [0.2, 0.25) is 0 Å². The quantitative estimate of drug-likeness (QED) is 0.268. The van der Waals surface area contributed by atoms with E-state index in [0.717, 1.165) is 20.8 Å². The van der Waals surface area contributed by atoms with Gasteiger partial charge in [0.2, 0.25) is 5.91 Å². The average molecular weight is 670 g/mol. The van der Waals surface area contributed by atoms with E-state index in [4.69, 9.17) is 24.5 Å². The van der Waals surface area contributed by atoms with Gasteiger partial charge in [-0.25, -0.2) is 4.79 Å². The van der Waals surface area contributed by atoms with Gasteiger partial charge < -0.3 is 35.2 Å². The van der Waals surface area contributed by atoms with Crippen LogP contribution < -0.4 is 25.0 Å². The fourth-order valence-electron chi connectivity index (χ4n) is 4.41. The van der Waals surface area contributed by atoms with Crippen LogP contribution in [0.1, 0.15) is 18.9 Å². The highest BCUT2D eigenvalue weighted by Gasteiger charge is 2.38. The lowest BCUT2D eigenvalue weighted by atomic mass is 10.0. The lowest BCUT2D eigenvalue weighted by molar-refractivity contribution is -0.192. The van der Waals surface area contributed by atoms with Crippen LogP contribution in [-0.4, -0.2) is 73.1 Å². The number of carbonyl (C=O) groups is 3. The summed E-state index contributed by atoms with van der Waals surface area (Å²) < 4.78 is 44.3. The van der Waals surface area contributed by atoms with E-state index in [1.807, 2.05) is 61.5 Å². The number of anilines is 1. The van der Waals surface area contributed by atoms with E-state index in [2.05, 4.69) is 26.6 Å². The molecule has 0 bridgehead atoms. The van der Waals surface area contributed by atoms with Crippen LogP contribution >= 0.6 is 15.9 Å². The molecule has 4 N–H and O–H groups in total. The molecule has 0 fully saturated rings. The molecule has 0 saturated heterocycles. The minimum atomic E-state index is -5.08. The Morgan fingerprint density at radius 2 is 1.88 bits per heavy atom. The molecule has 1 aliphatic heterocycles. The van der Waals surface area contributed by atoms with Crippen LogP contribution in [0, 0.1) is 0 Å². The van der Waals surface area contributed by atoms with Gasteiger partial charge in [-0.15, -0.1) is 0 Å². The highest BCUT2D eigenvalue weighted by Crippen LogP contribution is 2.36. The Bertz CT molecular complexity index is 1450. The Morgan fingerprint density at radius 1 is 1.19 bits per heavy atom. The number of hydrogen-bond donors (Lipinski definition) is 4. The minimum absolute atomic E-state index is 0.00808. The Morgan fingerprint density at radius 3 is 2.51 bits per heavy atom. The zero-order chi connectivity index (χ0) is 31.7. The van der Waals surface area contributed by atoms with Gasteiger partial charge in [-0.3, -0.25) is 9.59 Å². The second-order valence-electron chi connectivity index (χ2n) is 9.32. The summed E-state index contributed by atoms with van der Waals surface area (Å²) in [6.45, 7) is 2.31. The van der Waals surface area contributed by atoms with Gasteiger partial charge in [-0.2, -0.15) is 13.2 Å². The maximum atomic E-state index is 13.9. The first-order valence-corrected chi connectivity index (χ1v) is 13.9. The first-order valence-electron chi connectivity index (χ1n) is 13.1. The van der Waals surface area contributed by atoms with Gasteiger partial charge in [0.15, 0.2) is 0 Å². The molecular formula is C29H31BrF3N3O7. The number of aliphatic hydroxyl groups excluding tert-OH is 1. The van der Waals surface area contributed by atoms with Crippen molar-refractivity contribution in [3.8, 4) is 11.5 Å². The van der Waals surface area contributed by atoms with Gasteiger partial charge in [0.1, 0.15) is 24.1 Å². The number of halogens is 4. The molecule has 4 rings (SSSR count). The number of alkyl halides is 3. The lowest BCUT2D eigenvalue weighted by Gasteiger charge is -2.27. The molecule has 2 amide bonds. The van der Waals surface area contributed by atoms with Crippen molar-refractivity contribution in [1.82, 2.24) is 10.6 Å². The zero-order valence-corrected chi connectivity index (χ0v) is 24.9. The van der Waals surface area contributed by atoms with Gasteiger partial charge in [0, 0.05) is 16.6 Å². The number of carboxylic acids is 1. The number of rotatable bonds is 9. The van der Waals surface area contributed by atoms with Crippen LogP contribution in [0.3, 0.4) is 0 Å². The molecule has 14 heteroatoms. The summed E-state index contributed by atoms with van der Waals surface area (Å²) in [5.41, 5.74) is 1.48. The standard InChI is InChI=1S/C27H30BrN3O5.C2HF3O2/c1-3-21(29-12-13-32)26(33)30-22-16-36-25-7-5-4-6-23(25)31(27(22)34)15-20-19-10-9-18(28)14-17(19)8-11-24(20)35-2;3-2(4,5)1(6)7/h4-11,14,21-22,29,32H,3,12-13,15-16H2,1-2H3,(H,30,33);(H,6,7)/t21-,22-;/m0./s1. The summed E-state index contributed by atoms with van der Waals surface area (Å²) in [5.74, 6) is -2.12. The lowest BCUT2D eigenvalue weighted by Crippen LogP contribution is -2.55. The van der Waals surface area contributed by atoms with Gasteiger partial charge in [-0.1, -0.05) is 47.1 Å². The van der Waals surface area contributed by atoms with E-state index in [-0.39, 0.29) is 38.1 Å². The summed E-state index contributed by atoms with van der Waals surface area (Å²) >= 11 is 3.52. The maximum absolute atomic E-state index is 13.9. The molecule has 0 radical (unpaired) electrons. The van der Waals surface area contributed by atoms with Crippen molar-refractivity contribution in [2.24, 2.45) is 0 Å². The van der Waals surface area contributed by atoms with Crippen LogP contribution in [0.15, 0.2) is 59.1 Å². The number of benzene rings is 3. The van der Waals surface area contributed by atoms with Crippen molar-refractivity contribution < 1.29 is 47.2 Å². The molecule has 0 unspecified atom stereocenters. The van der Waals surface area contributed by atoms with Gasteiger partial charge in [0.05, 0.1) is 32.0 Å². The van der Waals surface area contributed by atoms with Gasteiger partial charge in [-0.05, 0) is 47.5 Å². The number of aliphatic hydroxyl groups is 1. The van der Waals surface area contributed by atoms with Crippen LogP contribution in [-0.2, 0) is 20.9 Å². The van der Waals surface area contributed by atoms with E-state index in [0.29, 0.717) is 23.6 Å². The van der Waals surface area contributed by atoms with Crippen LogP contribution in [0.25, 0.3) is 10.8 Å². The first kappa shape index (κ1) is 33.6. The van der Waals surface area contributed by atoms with E-state index in [1.54, 1.807) is 12.0 Å². The summed E-state index contributed by atoms with van der Waals surface area (Å²) in [6.07, 6.45) is -4.57. The maximum Gasteiger partial charge on any atom is 0.490 e. The number of ether oxygens (including phenoxy) is 2. The zero-order valence-electron chi connectivity index (χ0n) is 23.3. The third-order valence-electron chi connectivity index (χ3n) is 6.50. The number of carbonyl (C=O) groups excluding carboxylic acids is 2. The largest absolute Gasteiger partial charge is 0.496 e. The fourth-order valence-corrected chi connectivity index (χ4v) is 4.79. The molecule has 0 saturated carbocycles. The SMILES string of the molecule is CC[C@H](NCCO)C(=O)N[C@H]1COc2ccccc2N(Cc2c(OC)ccc3cc(Br)ccc23)C1=O.O=C(O)C(F)(F)F. The second-order valence-corrected chi connectivity index (χ2v) is 10.2. The van der Waals surface area contributed by atoms with E-state index < -0.39 is 24.2 Å². The number of para-hydroxylation sites is 2. The summed E-state index contributed by atoms with van der Waals surface area (Å²) in [6, 6.07) is 15.8. The third kappa shape index (κ3) is 8.58. The summed E-state index contributed by atoms with van der Waals surface area (Å²) in [4.78, 5) is 37.4. The summed E-state index contributed by atoms with van der Waals surface area (Å²) in [5, 5.41) is 24.1. The predicted octanol–water partition coefficient (Wildman–Crippen LogP) is 4.02. The number of carboxylic acid groups (broad SMARTS) is 1. The predicted molar refractivity (Wildman–Crippen MR) is 156 cm³/mol. The summed E-state index contributed by atoms with van der Waals surface area (Å²) in [7, 11) is 1.61. The molecule has 2 atom stereocenters. The first-order chi connectivity index (χ1) is 20.4. The van der Waals surface area contributed by atoms with E-state index in [9.17, 15) is 22.8 Å². The van der Waals surface area contributed by atoms with E-state index >= 15 is 0 Å². The normalized spacial score (nSPS) is 15.4. The number of amides is 2. The highest BCUT2D eigenvalue weighted by molar-refractivity contribution is 9.10. The smallest absolute Gasteiger partial charge is 0.490 e. The minimum Gasteiger partial charge on any atom is -0.496 e. The Balaban J connectivity index is 0.000000646. The monoisotopic (exact) mass is 669 g/mol. The van der Waals surface area contributed by atoms with Crippen molar-refractivity contribution in [3.05, 3.63) is 64.6 Å². The fraction of sp³-hybridized carbons (Fsp3) is 0.345. The van der Waals surface area contributed by atoms with Crippen LogP contribution in [0.5, 0.6) is 11.5 Å². The topological polar surface area (TPSA) is 137 Å². The molecule has 10 nitrogen and oxygen atoms in total. The molecule has 0 aliphatic carbocycles. The van der Waals surface area contributed by atoms with Gasteiger partial charge >= 0.3 is 12.1 Å². The van der Waals surface area contributed by atoms with Crippen molar-refractivity contribution in [1.29, 1.82) is 0 Å². The van der Waals surface area contributed by atoms with E-state index in [1.165, 1.54) is 0 Å². The highest BCUT2D eigenvalue weighted by atomic mass is 79.9. The molecule has 232 valence electrons. The average Bonchev–Trinajstić information content (AvgIpc) is 3.09. The molecule has 0 aromatic heterocycles. The van der Waals surface area contributed by atoms with Crippen molar-refractivity contribution in [3.63, 3.8) is 0 Å². The molecule has 3 aromatic carbocycles. The molecule has 0 spiro atoms. The van der Waals surface area contributed by atoms with Crippen molar-refractivity contribution >= 4 is 50.2 Å². The number of nitrogens with zero attached hydrogens (tertiary/aromatic N) is 1. The third-order valence-corrected chi connectivity index (χ3v) is 6.99. The Hall–Kier alpha value is -3.88.